The first-order chi connectivity index (χ1) is 11.7. The van der Waals surface area contributed by atoms with Gasteiger partial charge in [0.2, 0.25) is 0 Å². The van der Waals surface area contributed by atoms with Gasteiger partial charge in [-0.05, 0) is 44.5 Å². The molecule has 0 bridgehead atoms. The van der Waals surface area contributed by atoms with Crippen molar-refractivity contribution in [1.29, 1.82) is 0 Å². The van der Waals surface area contributed by atoms with E-state index in [1.165, 1.54) is 36.3 Å². The molecule has 132 valence electrons. The quantitative estimate of drug-likeness (QED) is 0.893. The molecular weight excluding hydrogens is 344 g/mol. The van der Waals surface area contributed by atoms with Gasteiger partial charge in [0.15, 0.2) is 5.76 Å². The molecule has 1 aromatic carbocycles. The summed E-state index contributed by atoms with van der Waals surface area (Å²) in [6, 6.07) is 9.24. The molecule has 3 rings (SSSR count). The lowest BCUT2D eigenvalue weighted by Gasteiger charge is -2.48. The summed E-state index contributed by atoms with van der Waals surface area (Å²) in [6.07, 6.45) is 1.74. The molecule has 1 unspecified atom stereocenters. The molecular formula is C17H18N2O5S. The molecule has 2 aromatic rings. The minimum Gasteiger partial charge on any atom is -0.459 e. The van der Waals surface area contributed by atoms with Crippen molar-refractivity contribution in [3.05, 3.63) is 54.0 Å². The molecule has 2 heterocycles. The van der Waals surface area contributed by atoms with Gasteiger partial charge in [-0.3, -0.25) is 9.59 Å². The Balaban J connectivity index is 1.78. The highest BCUT2D eigenvalue weighted by Crippen LogP contribution is 2.32. The predicted molar refractivity (Wildman–Crippen MR) is 89.3 cm³/mol. The van der Waals surface area contributed by atoms with Gasteiger partial charge in [0.25, 0.3) is 21.8 Å². The molecule has 1 aliphatic rings. The van der Waals surface area contributed by atoms with E-state index in [0.29, 0.717) is 13.0 Å². The maximum Gasteiger partial charge on any atom is 0.290 e. The minimum absolute atomic E-state index is 0.00159. The van der Waals surface area contributed by atoms with Crippen molar-refractivity contribution in [2.75, 3.05) is 6.54 Å². The van der Waals surface area contributed by atoms with Gasteiger partial charge in [-0.15, -0.1) is 0 Å². The Labute approximate surface area is 145 Å². The number of hydrogen-bond acceptors (Lipinski definition) is 5. The number of aryl methyl sites for hydroxylation is 1. The molecule has 1 fully saturated rings. The molecule has 0 aliphatic carbocycles. The number of furan rings is 1. The number of benzene rings is 1. The first kappa shape index (κ1) is 17.2. The number of likely N-dealkylation sites (tertiary alicyclic amines) is 1. The Morgan fingerprint density at radius 3 is 2.40 bits per heavy atom. The lowest BCUT2D eigenvalue weighted by atomic mass is 9.85. The van der Waals surface area contributed by atoms with Crippen LogP contribution in [0.2, 0.25) is 0 Å². The molecule has 1 atom stereocenters. The first-order valence-electron chi connectivity index (χ1n) is 7.73. The second-order valence-electron chi connectivity index (χ2n) is 6.21. The lowest BCUT2D eigenvalue weighted by Crippen LogP contribution is -2.67. The molecule has 0 radical (unpaired) electrons. The summed E-state index contributed by atoms with van der Waals surface area (Å²) in [5.41, 5.74) is -0.326. The summed E-state index contributed by atoms with van der Waals surface area (Å²) in [6.45, 7) is 3.73. The van der Waals surface area contributed by atoms with E-state index in [4.69, 9.17) is 4.42 Å². The van der Waals surface area contributed by atoms with Crippen LogP contribution >= 0.6 is 0 Å². The van der Waals surface area contributed by atoms with Crippen LogP contribution in [0.25, 0.3) is 0 Å². The Bertz CT molecular complexity index is 903. The molecule has 8 heteroatoms. The van der Waals surface area contributed by atoms with Crippen LogP contribution in [0.15, 0.2) is 52.0 Å². The number of hydrogen-bond donors (Lipinski definition) is 1. The second kappa shape index (κ2) is 6.03. The Kier molecular flexibility index (Phi) is 4.16. The number of nitrogens with zero attached hydrogens (tertiary/aromatic N) is 1. The van der Waals surface area contributed by atoms with Crippen molar-refractivity contribution in [1.82, 2.24) is 9.62 Å². The standard InChI is InChI=1S/C17H18N2O5S/c1-12-5-7-13(8-6-12)25(22,23)18-16(21)17(2)9-10-19(17)15(20)14-4-3-11-24-14/h3-8,11H,9-10H2,1-2H3,(H,18,21). The number of carbonyl (C=O) groups excluding carboxylic acids is 2. The molecule has 1 aromatic heterocycles. The molecule has 1 N–H and O–H groups in total. The van der Waals surface area contributed by atoms with Crippen LogP contribution in [0.3, 0.4) is 0 Å². The molecule has 1 saturated heterocycles. The van der Waals surface area contributed by atoms with Gasteiger partial charge in [-0.2, -0.15) is 0 Å². The molecule has 0 spiro atoms. The van der Waals surface area contributed by atoms with Crippen molar-refractivity contribution >= 4 is 21.8 Å². The SMILES string of the molecule is Cc1ccc(S(=O)(=O)NC(=O)C2(C)CCN2C(=O)c2ccco2)cc1. The maximum atomic E-state index is 12.6. The van der Waals surface area contributed by atoms with E-state index in [2.05, 4.69) is 4.72 Å². The van der Waals surface area contributed by atoms with Crippen molar-refractivity contribution in [3.8, 4) is 0 Å². The molecule has 7 nitrogen and oxygen atoms in total. The third-order valence-electron chi connectivity index (χ3n) is 4.44. The fourth-order valence-electron chi connectivity index (χ4n) is 2.66. The highest BCUT2D eigenvalue weighted by atomic mass is 32.2. The zero-order chi connectivity index (χ0) is 18.2. The highest BCUT2D eigenvalue weighted by molar-refractivity contribution is 7.90. The van der Waals surface area contributed by atoms with Gasteiger partial charge in [-0.1, -0.05) is 17.7 Å². The van der Waals surface area contributed by atoms with E-state index in [1.54, 1.807) is 18.2 Å². The summed E-state index contributed by atoms with van der Waals surface area (Å²) >= 11 is 0. The number of rotatable bonds is 4. The van der Waals surface area contributed by atoms with Crippen molar-refractivity contribution in [2.45, 2.75) is 30.7 Å². The summed E-state index contributed by atoms with van der Waals surface area (Å²) in [5, 5.41) is 0. The fraction of sp³-hybridized carbons (Fsp3) is 0.294. The Morgan fingerprint density at radius 2 is 1.88 bits per heavy atom. The van der Waals surface area contributed by atoms with Crippen LogP contribution in [0.1, 0.15) is 29.5 Å². The molecule has 2 amide bonds. The first-order valence-corrected chi connectivity index (χ1v) is 9.22. The lowest BCUT2D eigenvalue weighted by molar-refractivity contribution is -0.135. The van der Waals surface area contributed by atoms with E-state index in [0.717, 1.165) is 5.56 Å². The van der Waals surface area contributed by atoms with Crippen LogP contribution in [-0.2, 0) is 14.8 Å². The fourth-order valence-corrected chi connectivity index (χ4v) is 3.74. The monoisotopic (exact) mass is 362 g/mol. The van der Waals surface area contributed by atoms with Gasteiger partial charge in [-0.25, -0.2) is 13.1 Å². The average Bonchev–Trinajstić information content (AvgIpc) is 3.07. The minimum atomic E-state index is -4.00. The van der Waals surface area contributed by atoms with E-state index in [1.807, 2.05) is 6.92 Å². The topological polar surface area (TPSA) is 96.7 Å². The zero-order valence-corrected chi connectivity index (χ0v) is 14.7. The summed E-state index contributed by atoms with van der Waals surface area (Å²) in [4.78, 5) is 26.3. The average molecular weight is 362 g/mol. The van der Waals surface area contributed by atoms with Crippen LogP contribution in [-0.4, -0.2) is 37.2 Å². The molecule has 1 aliphatic heterocycles. The molecule has 25 heavy (non-hydrogen) atoms. The van der Waals surface area contributed by atoms with Gasteiger partial charge >= 0.3 is 0 Å². The third-order valence-corrected chi connectivity index (χ3v) is 5.79. The highest BCUT2D eigenvalue weighted by Gasteiger charge is 2.51. The van der Waals surface area contributed by atoms with E-state index in [9.17, 15) is 18.0 Å². The predicted octanol–water partition coefficient (Wildman–Crippen LogP) is 1.70. The largest absolute Gasteiger partial charge is 0.459 e. The van der Waals surface area contributed by atoms with Gasteiger partial charge in [0, 0.05) is 6.54 Å². The third kappa shape index (κ3) is 3.05. The van der Waals surface area contributed by atoms with Gasteiger partial charge in [0.1, 0.15) is 5.54 Å². The van der Waals surface area contributed by atoms with Crippen LogP contribution < -0.4 is 4.72 Å². The second-order valence-corrected chi connectivity index (χ2v) is 7.89. The van der Waals surface area contributed by atoms with Crippen LogP contribution in [0, 0.1) is 6.92 Å². The number of carbonyl (C=O) groups is 2. The van der Waals surface area contributed by atoms with Crippen molar-refractivity contribution in [2.24, 2.45) is 0 Å². The number of nitrogens with one attached hydrogen (secondary N) is 1. The van der Waals surface area contributed by atoms with E-state index < -0.39 is 27.4 Å². The molecule has 0 saturated carbocycles. The smallest absolute Gasteiger partial charge is 0.290 e. The Morgan fingerprint density at radius 1 is 1.20 bits per heavy atom. The van der Waals surface area contributed by atoms with Crippen molar-refractivity contribution < 1.29 is 22.4 Å². The normalized spacial score (nSPS) is 20.0. The number of amides is 2. The Hall–Kier alpha value is -2.61. The van der Waals surface area contributed by atoms with E-state index >= 15 is 0 Å². The van der Waals surface area contributed by atoms with Crippen LogP contribution in [0.5, 0.6) is 0 Å². The zero-order valence-electron chi connectivity index (χ0n) is 13.9. The van der Waals surface area contributed by atoms with Crippen molar-refractivity contribution in [3.63, 3.8) is 0 Å². The van der Waals surface area contributed by atoms with Gasteiger partial charge < -0.3 is 9.32 Å². The summed E-state index contributed by atoms with van der Waals surface area (Å²) in [7, 11) is -4.00. The van der Waals surface area contributed by atoms with E-state index in [-0.39, 0.29) is 10.7 Å². The number of sulfonamides is 1. The van der Waals surface area contributed by atoms with Crippen LogP contribution in [0.4, 0.5) is 0 Å². The van der Waals surface area contributed by atoms with Gasteiger partial charge in [0.05, 0.1) is 11.2 Å². The summed E-state index contributed by atoms with van der Waals surface area (Å²) < 4.78 is 31.9. The maximum absolute atomic E-state index is 12.6. The summed E-state index contributed by atoms with van der Waals surface area (Å²) in [5.74, 6) is -1.07.